The number of fused-ring (bicyclic) bond motifs is 30. The molecule has 26 rings (SSSR count). The van der Waals surface area contributed by atoms with Crippen molar-refractivity contribution in [2.24, 2.45) is 21.1 Å². The van der Waals surface area contributed by atoms with Crippen LogP contribution in [0.2, 0.25) is 5.02 Å². The fraction of sp³-hybridized carbons (Fsp3) is 0.113. The number of aryl methyl sites for hydroxylation is 1. The highest BCUT2D eigenvalue weighted by Crippen LogP contribution is 2.47. The summed E-state index contributed by atoms with van der Waals surface area (Å²) in [5, 5.41) is 18.4. The van der Waals surface area contributed by atoms with Crippen LogP contribution in [0.5, 0.6) is 0 Å². The number of nitrogens with zero attached hydrogens (tertiary/aromatic N) is 8. The number of aromatic nitrogens is 6. The largest absolute Gasteiger partial charge is 0.379 e. The van der Waals surface area contributed by atoms with Crippen LogP contribution in [-0.2, 0) is 43.8 Å². The van der Waals surface area contributed by atoms with E-state index in [2.05, 4.69) is 20.8 Å². The monoisotopic (exact) mass is 1940 g/mol. The number of carbonyl (C=O) groups is 6. The second-order valence-electron chi connectivity index (χ2n) is 35.2. The van der Waals surface area contributed by atoms with E-state index in [1.165, 1.54) is 22.8 Å². The van der Waals surface area contributed by atoms with Gasteiger partial charge in [0.25, 0.3) is 39.0 Å². The van der Waals surface area contributed by atoms with E-state index in [1.807, 2.05) is 238 Å². The quantitative estimate of drug-likeness (QED) is 0.106. The van der Waals surface area contributed by atoms with Crippen molar-refractivity contribution in [3.8, 4) is 67.5 Å². The Bertz CT molecular complexity index is 9060. The van der Waals surface area contributed by atoms with Crippen molar-refractivity contribution in [1.29, 1.82) is 0 Å². The molecule has 0 amide bonds. The molecule has 0 radical (unpaired) electrons. The van der Waals surface area contributed by atoms with Crippen LogP contribution in [0.3, 0.4) is 0 Å². The van der Waals surface area contributed by atoms with Gasteiger partial charge in [-0.25, -0.2) is 0 Å². The zero-order valence-electron chi connectivity index (χ0n) is 76.5. The number of ketones is 6. The number of halogens is 2. The van der Waals surface area contributed by atoms with E-state index >= 15 is 0 Å². The molecule has 6 aliphatic carbocycles. The molecule has 0 spiro atoms. The van der Waals surface area contributed by atoms with Crippen LogP contribution >= 0.6 is 27.5 Å². The van der Waals surface area contributed by atoms with E-state index in [9.17, 15) is 67.6 Å². The normalized spacial score (nSPS) is 13.4. The van der Waals surface area contributed by atoms with E-state index in [-0.39, 0.29) is 79.1 Å². The summed E-state index contributed by atoms with van der Waals surface area (Å²) >= 11 is 9.53. The lowest BCUT2D eigenvalue weighted by Crippen LogP contribution is -2.40. The molecule has 0 bridgehead atoms. The minimum atomic E-state index is -0.553. The number of pyridine rings is 6. The molecule has 1 atom stereocenters. The minimum Gasteiger partial charge on any atom is -0.379 e. The molecule has 24 nitrogen and oxygen atoms in total. The third kappa shape index (κ3) is 14.8. The highest BCUT2D eigenvalue weighted by Gasteiger charge is 2.40. The molecule has 0 N–H and O–H groups in total. The lowest BCUT2D eigenvalue weighted by atomic mass is 10.0. The van der Waals surface area contributed by atoms with E-state index < -0.39 is 11.2 Å². The molecule has 7 aliphatic rings. The number of nitro benzene ring substituents is 1. The van der Waals surface area contributed by atoms with Gasteiger partial charge in [0.1, 0.15) is 6.23 Å². The number of hydrogen-bond acceptors (Lipinski definition) is 17. The van der Waals surface area contributed by atoms with Gasteiger partial charge in [0.05, 0.1) is 104 Å². The van der Waals surface area contributed by atoms with Gasteiger partial charge >= 0.3 is 0 Å². The van der Waals surface area contributed by atoms with Crippen LogP contribution in [0.1, 0.15) is 120 Å². The summed E-state index contributed by atoms with van der Waals surface area (Å²) in [7, 11) is 6.59. The second kappa shape index (κ2) is 36.0. The number of rotatable bonds is 7. The van der Waals surface area contributed by atoms with E-state index in [0.29, 0.717) is 164 Å². The first-order valence-electron chi connectivity index (χ1n) is 45.4. The van der Waals surface area contributed by atoms with Gasteiger partial charge < -0.3 is 27.7 Å². The van der Waals surface area contributed by atoms with Crippen molar-refractivity contribution < 1.29 is 43.2 Å². The van der Waals surface area contributed by atoms with Crippen LogP contribution < -0.4 is 33.4 Å². The standard InChI is InChI=1S/C23H14ClNO2.C21H18N2O3.C19H15NO3.C18H13NO2.C17H10BrNO2.C17H10N2O4/c24-15-10-11-16-19(12-15)23(27)25(13-14-6-2-1-3-7-14)21-17-8-4-5-9-18(17)22(26)20(16)21;24-20-16-7-3-2-6-15(16)19-18(20)14-5-1-4-8-17(14)21(25)23(19)13-22-9-11-26-12-10-22;1-11(23-2)20-17-13-8-4-5-9-14(13)18(21)16(17)12-7-3-6-10-15(12)19(20)22;1-10-7-8-11-14(9-10)18(21)19(2)16-12-5-3-4-6-13(12)17(20)15(11)16;1-19-15-11-4-2-3-5-12(11)16(20)14(15)10-7-6-9(18)8-13(10)17(19)21;1-18-15-11-4-2-3-5-12(11)16(20)14(15)10-7-6-9(19(22)23)8-13(10)17(18)21/h1-12H,13H2;1-8H,9-13H2;3-11H,1-2H3;3-9H,1-2H3;2-8H,1H3;2-8H,1H3. The van der Waals surface area contributed by atoms with Gasteiger partial charge in [-0.05, 0) is 67.9 Å². The van der Waals surface area contributed by atoms with Gasteiger partial charge in [0.2, 0.25) is 0 Å². The molecule has 690 valence electrons. The summed E-state index contributed by atoms with van der Waals surface area (Å²) in [5.41, 5.74) is 17.3. The average molecular weight is 1950 g/mol. The van der Waals surface area contributed by atoms with Gasteiger partial charge in [-0.2, -0.15) is 0 Å². The van der Waals surface area contributed by atoms with Gasteiger partial charge in [-0.3, -0.25) is 81.7 Å². The number of non-ortho nitro benzene ring substituents is 1. The fourth-order valence-electron chi connectivity index (χ4n) is 20.7. The lowest BCUT2D eigenvalue weighted by molar-refractivity contribution is -0.384. The Balaban J connectivity index is 0.000000101. The second-order valence-corrected chi connectivity index (χ2v) is 36.5. The first kappa shape index (κ1) is 90.6. The van der Waals surface area contributed by atoms with Crippen molar-refractivity contribution >= 4 is 133 Å². The summed E-state index contributed by atoms with van der Waals surface area (Å²) in [5.74, 6) is -0.250. The maximum Gasteiger partial charge on any atom is 0.270 e. The number of morpholine rings is 1. The van der Waals surface area contributed by atoms with Crippen LogP contribution in [0.25, 0.3) is 132 Å². The van der Waals surface area contributed by atoms with Gasteiger partial charge in [0, 0.05) is 189 Å². The van der Waals surface area contributed by atoms with Crippen molar-refractivity contribution in [2.45, 2.75) is 33.3 Å². The minimum absolute atomic E-state index is 0.00234. The first-order valence-corrected chi connectivity index (χ1v) is 46.6. The van der Waals surface area contributed by atoms with Crippen LogP contribution in [0.4, 0.5) is 5.69 Å². The van der Waals surface area contributed by atoms with E-state index in [0.717, 1.165) is 89.7 Å². The summed E-state index contributed by atoms with van der Waals surface area (Å²) in [6.07, 6.45) is -0.459. The number of nitro groups is 1. The third-order valence-electron chi connectivity index (χ3n) is 27.3. The molecule has 19 aromatic rings. The highest BCUT2D eigenvalue weighted by atomic mass is 79.9. The number of methoxy groups -OCH3 is 1. The van der Waals surface area contributed by atoms with E-state index in [4.69, 9.17) is 21.1 Å². The Morgan fingerprint density at radius 3 is 1.10 bits per heavy atom. The number of carbonyl (C=O) groups excluding carboxylic acids is 6. The molecule has 0 saturated carbocycles. The summed E-state index contributed by atoms with van der Waals surface area (Å²) in [4.78, 5) is 167. The molecular formula is C115H80BrClN8O16. The fourth-order valence-corrected chi connectivity index (χ4v) is 21.2. The predicted octanol–water partition coefficient (Wildman–Crippen LogP) is 20.0. The maximum absolute atomic E-state index is 13.4. The molecule has 1 unspecified atom stereocenters. The Hall–Kier alpha value is -16.8. The van der Waals surface area contributed by atoms with Crippen LogP contribution in [0, 0.1) is 17.0 Å². The van der Waals surface area contributed by atoms with Crippen molar-refractivity contribution in [2.75, 3.05) is 33.4 Å². The smallest absolute Gasteiger partial charge is 0.270 e. The van der Waals surface area contributed by atoms with E-state index in [1.54, 1.807) is 106 Å². The van der Waals surface area contributed by atoms with Crippen molar-refractivity contribution in [1.82, 2.24) is 32.3 Å². The van der Waals surface area contributed by atoms with Crippen molar-refractivity contribution in [3.63, 3.8) is 0 Å². The highest BCUT2D eigenvalue weighted by molar-refractivity contribution is 9.10. The molecule has 6 aromatic heterocycles. The number of hydrogen-bond donors (Lipinski definition) is 0. The summed E-state index contributed by atoms with van der Waals surface area (Å²) < 4.78 is 21.3. The zero-order valence-corrected chi connectivity index (χ0v) is 78.8. The predicted molar refractivity (Wildman–Crippen MR) is 549 cm³/mol. The Morgan fingerprint density at radius 1 is 0.348 bits per heavy atom. The molecule has 1 aliphatic heterocycles. The van der Waals surface area contributed by atoms with Crippen LogP contribution in [-0.4, -0.2) is 105 Å². The topological polar surface area (TPSA) is 299 Å². The lowest BCUT2D eigenvalue weighted by Gasteiger charge is -2.28. The molecule has 13 aromatic carbocycles. The molecule has 1 saturated heterocycles. The average Bonchev–Trinajstić information content (AvgIpc) is 1.60. The molecule has 7 heterocycles. The molecule has 141 heavy (non-hydrogen) atoms. The zero-order chi connectivity index (χ0) is 98.1. The van der Waals surface area contributed by atoms with Gasteiger partial charge in [0.15, 0.2) is 34.7 Å². The molecular weight excluding hydrogens is 1860 g/mol. The number of benzene rings is 13. The Kier molecular flexibility index (Phi) is 23.1. The Morgan fingerprint density at radius 2 is 0.667 bits per heavy atom. The summed E-state index contributed by atoms with van der Waals surface area (Å²) in [6.45, 7) is 7.51. The number of ether oxygens (including phenoxy) is 2. The third-order valence-corrected chi connectivity index (χ3v) is 28.0. The van der Waals surface area contributed by atoms with Crippen molar-refractivity contribution in [3.05, 3.63) is 457 Å². The SMILES string of the molecule is COC(C)n1c2c(c3ccccc3c1=O)C(=O)c1ccccc1-2.Cc1ccc2c3c(n(C)c(=O)c2c1)-c1ccccc1C3=O.Cn1c2c(c3ccc(Br)cc3c1=O)C(=O)c1ccccc1-2.Cn1c2c(c3ccc([N+](=O)[O-])cc3c1=O)C(=O)c1ccccc1-2.O=C1c2ccccc2-c2c1c1ccc(Cl)cc1c(=O)n2Cc1ccccc1.O=C1c2ccccc2-c2c1c1ccccc1c(=O)n2CN1CCOCC1. The summed E-state index contributed by atoms with van der Waals surface area (Å²) in [6, 6.07) is 89.2. The maximum atomic E-state index is 13.4. The van der Waals surface area contributed by atoms with Crippen LogP contribution in [0.15, 0.2) is 330 Å². The van der Waals surface area contributed by atoms with Gasteiger partial charge in [-0.15, -0.1) is 0 Å². The molecule has 1 fully saturated rings. The molecule has 26 heteroatoms. The van der Waals surface area contributed by atoms with Gasteiger partial charge in [-0.1, -0.05) is 270 Å². The Labute approximate surface area is 814 Å². The first-order chi connectivity index (χ1) is 68.2.